The minimum Gasteiger partial charge on any atom is -0.481 e. The topological polar surface area (TPSA) is 89.0 Å². The molecule has 3 rings (SSSR count). The number of ether oxygens (including phenoxy) is 2. The van der Waals surface area contributed by atoms with Crippen LogP contribution in [0, 0.1) is 0 Å². The molecule has 0 spiro atoms. The van der Waals surface area contributed by atoms with Crippen LogP contribution in [0.1, 0.15) is 22.5 Å². The highest BCUT2D eigenvalue weighted by molar-refractivity contribution is 7.16. The summed E-state index contributed by atoms with van der Waals surface area (Å²) < 4.78 is 10.6. The van der Waals surface area contributed by atoms with Crippen molar-refractivity contribution in [3.05, 3.63) is 29.3 Å². The van der Waals surface area contributed by atoms with Crippen LogP contribution < -0.4 is 9.47 Å². The molecule has 0 saturated heterocycles. The third-order valence-electron chi connectivity index (χ3n) is 3.57. The number of carbonyl (C=O) groups excluding carboxylic acids is 1. The molecule has 0 unspecified atom stereocenters. The quantitative estimate of drug-likeness (QED) is 0.863. The highest BCUT2D eigenvalue weighted by Gasteiger charge is 2.18. The zero-order valence-electron chi connectivity index (χ0n) is 13.0. The van der Waals surface area contributed by atoms with Gasteiger partial charge in [-0.15, -0.1) is 11.3 Å². The van der Waals surface area contributed by atoms with Crippen LogP contribution in [0.25, 0.3) is 10.6 Å². The van der Waals surface area contributed by atoms with Crippen molar-refractivity contribution in [3.8, 4) is 22.1 Å². The van der Waals surface area contributed by atoms with Gasteiger partial charge in [0.05, 0.1) is 6.20 Å². The van der Waals surface area contributed by atoms with Gasteiger partial charge in [-0.1, -0.05) is 0 Å². The summed E-state index contributed by atoms with van der Waals surface area (Å²) in [7, 11) is 1.66. The third kappa shape index (κ3) is 3.48. The number of rotatable bonds is 6. The van der Waals surface area contributed by atoms with E-state index in [1.807, 2.05) is 18.2 Å². The first-order chi connectivity index (χ1) is 11.5. The molecular formula is C16H16N2O5S. The second-order valence-corrected chi connectivity index (χ2v) is 6.35. The van der Waals surface area contributed by atoms with Crippen LogP contribution in [-0.4, -0.2) is 47.3 Å². The fourth-order valence-electron chi connectivity index (χ4n) is 2.29. The molecule has 1 aromatic heterocycles. The summed E-state index contributed by atoms with van der Waals surface area (Å²) in [5.41, 5.74) is 0.858. The number of nitrogens with zero attached hydrogens (tertiary/aromatic N) is 2. The third-order valence-corrected chi connectivity index (χ3v) is 4.60. The Hall–Kier alpha value is -2.61. The van der Waals surface area contributed by atoms with Gasteiger partial charge >= 0.3 is 5.97 Å². The molecule has 24 heavy (non-hydrogen) atoms. The van der Waals surface area contributed by atoms with Crippen molar-refractivity contribution in [2.24, 2.45) is 0 Å². The van der Waals surface area contributed by atoms with Crippen molar-refractivity contribution in [1.29, 1.82) is 0 Å². The standard InChI is InChI=1S/C16H16N2O5S/c1-18(6-2-3-14(19)20)16(21)13-8-17-15(24-13)10-4-5-11-12(7-10)23-9-22-11/h4-5,7-8H,2-3,6,9H2,1H3,(H,19,20). The smallest absolute Gasteiger partial charge is 0.303 e. The number of aliphatic carboxylic acids is 1. The lowest BCUT2D eigenvalue weighted by atomic mass is 10.2. The van der Waals surface area contributed by atoms with Crippen molar-refractivity contribution in [1.82, 2.24) is 9.88 Å². The maximum Gasteiger partial charge on any atom is 0.303 e. The molecule has 2 aromatic rings. The Morgan fingerprint density at radius 2 is 2.12 bits per heavy atom. The van der Waals surface area contributed by atoms with E-state index in [-0.39, 0.29) is 19.1 Å². The van der Waals surface area contributed by atoms with Crippen LogP contribution in [0.2, 0.25) is 0 Å². The van der Waals surface area contributed by atoms with Crippen LogP contribution >= 0.6 is 11.3 Å². The number of thiazole rings is 1. The molecule has 1 N–H and O–H groups in total. The van der Waals surface area contributed by atoms with E-state index in [4.69, 9.17) is 14.6 Å². The van der Waals surface area contributed by atoms with Crippen LogP contribution in [0.3, 0.4) is 0 Å². The van der Waals surface area contributed by atoms with Gasteiger partial charge in [0.25, 0.3) is 5.91 Å². The minimum atomic E-state index is -0.862. The summed E-state index contributed by atoms with van der Waals surface area (Å²) in [5.74, 6) is 0.342. The number of carboxylic acids is 1. The van der Waals surface area contributed by atoms with E-state index >= 15 is 0 Å². The largest absolute Gasteiger partial charge is 0.481 e. The highest BCUT2D eigenvalue weighted by Crippen LogP contribution is 2.37. The summed E-state index contributed by atoms with van der Waals surface area (Å²) in [6, 6.07) is 5.53. The lowest BCUT2D eigenvalue weighted by Gasteiger charge is -2.14. The van der Waals surface area contributed by atoms with Gasteiger partial charge in [0.1, 0.15) is 9.88 Å². The minimum absolute atomic E-state index is 0.0444. The number of carboxylic acid groups (broad SMARTS) is 1. The van der Waals surface area contributed by atoms with Crippen molar-refractivity contribution in [3.63, 3.8) is 0 Å². The number of carbonyl (C=O) groups is 2. The number of hydrogen-bond donors (Lipinski definition) is 1. The van der Waals surface area contributed by atoms with Crippen LogP contribution in [0.5, 0.6) is 11.5 Å². The Bertz CT molecular complexity index is 774. The first-order valence-electron chi connectivity index (χ1n) is 7.37. The Kier molecular flexibility index (Phi) is 4.66. The molecule has 1 amide bonds. The average molecular weight is 348 g/mol. The van der Waals surface area contributed by atoms with Crippen molar-refractivity contribution < 1.29 is 24.2 Å². The number of hydrogen-bond acceptors (Lipinski definition) is 6. The zero-order valence-corrected chi connectivity index (χ0v) is 13.8. The van der Waals surface area contributed by atoms with E-state index in [2.05, 4.69) is 4.98 Å². The second-order valence-electron chi connectivity index (χ2n) is 5.32. The molecular weight excluding hydrogens is 332 g/mol. The molecule has 0 fully saturated rings. The molecule has 126 valence electrons. The summed E-state index contributed by atoms with van der Waals surface area (Å²) in [6.45, 7) is 0.601. The molecule has 1 aliphatic heterocycles. The van der Waals surface area contributed by atoms with Crippen LogP contribution in [-0.2, 0) is 4.79 Å². The molecule has 7 nitrogen and oxygen atoms in total. The maximum absolute atomic E-state index is 12.4. The van der Waals surface area contributed by atoms with Gasteiger partial charge in [-0.25, -0.2) is 4.98 Å². The summed E-state index contributed by atoms with van der Waals surface area (Å²) >= 11 is 1.29. The van der Waals surface area contributed by atoms with Gasteiger partial charge in [-0.3, -0.25) is 9.59 Å². The number of amides is 1. The molecule has 8 heteroatoms. The van der Waals surface area contributed by atoms with E-state index in [1.165, 1.54) is 16.2 Å². The van der Waals surface area contributed by atoms with Gasteiger partial charge in [-0.2, -0.15) is 0 Å². The lowest BCUT2D eigenvalue weighted by molar-refractivity contribution is -0.137. The Morgan fingerprint density at radius 1 is 1.33 bits per heavy atom. The molecule has 1 aromatic carbocycles. The van der Waals surface area contributed by atoms with E-state index in [9.17, 15) is 9.59 Å². The summed E-state index contributed by atoms with van der Waals surface area (Å²) in [5, 5.41) is 9.37. The average Bonchev–Trinajstić information content (AvgIpc) is 3.22. The first-order valence-corrected chi connectivity index (χ1v) is 8.19. The van der Waals surface area contributed by atoms with E-state index in [0.717, 1.165) is 10.6 Å². The predicted molar refractivity (Wildman–Crippen MR) is 87.5 cm³/mol. The van der Waals surface area contributed by atoms with Gasteiger partial charge in [-0.05, 0) is 24.6 Å². The number of aromatic nitrogens is 1. The van der Waals surface area contributed by atoms with Crippen LogP contribution in [0.4, 0.5) is 0 Å². The molecule has 2 heterocycles. The van der Waals surface area contributed by atoms with Gasteiger partial charge < -0.3 is 19.5 Å². The zero-order chi connectivity index (χ0) is 17.1. The molecule has 0 aliphatic carbocycles. The molecule has 0 saturated carbocycles. The number of benzene rings is 1. The van der Waals surface area contributed by atoms with E-state index in [1.54, 1.807) is 13.2 Å². The van der Waals surface area contributed by atoms with E-state index in [0.29, 0.717) is 29.3 Å². The van der Waals surface area contributed by atoms with Crippen molar-refractivity contribution in [2.45, 2.75) is 12.8 Å². The Labute approximate surface area is 142 Å². The van der Waals surface area contributed by atoms with Gasteiger partial charge in [0.2, 0.25) is 6.79 Å². The van der Waals surface area contributed by atoms with E-state index < -0.39 is 5.97 Å². The maximum atomic E-state index is 12.4. The summed E-state index contributed by atoms with van der Waals surface area (Å²) in [6.07, 6.45) is 2.01. The molecule has 0 atom stereocenters. The SMILES string of the molecule is CN(CCCC(=O)O)C(=O)c1cnc(-c2ccc3c(c2)OCO3)s1. The Morgan fingerprint density at radius 3 is 2.92 bits per heavy atom. The van der Waals surface area contributed by atoms with Crippen molar-refractivity contribution in [2.75, 3.05) is 20.4 Å². The van der Waals surface area contributed by atoms with Gasteiger partial charge in [0, 0.05) is 25.6 Å². The summed E-state index contributed by atoms with van der Waals surface area (Å²) in [4.78, 5) is 29.2. The van der Waals surface area contributed by atoms with Crippen molar-refractivity contribution >= 4 is 23.2 Å². The first kappa shape index (κ1) is 16.3. The normalized spacial score (nSPS) is 12.2. The second kappa shape index (κ2) is 6.88. The molecule has 0 bridgehead atoms. The Balaban J connectivity index is 1.68. The molecule has 1 aliphatic rings. The number of fused-ring (bicyclic) bond motifs is 1. The van der Waals surface area contributed by atoms with Crippen LogP contribution in [0.15, 0.2) is 24.4 Å². The lowest BCUT2D eigenvalue weighted by Crippen LogP contribution is -2.27. The fourth-order valence-corrected chi connectivity index (χ4v) is 3.20. The molecule has 0 radical (unpaired) electrons. The monoisotopic (exact) mass is 348 g/mol. The predicted octanol–water partition coefficient (Wildman–Crippen LogP) is 2.48. The fraction of sp³-hybridized carbons (Fsp3) is 0.312. The highest BCUT2D eigenvalue weighted by atomic mass is 32.1. The van der Waals surface area contributed by atoms with Gasteiger partial charge in [0.15, 0.2) is 11.5 Å².